The fourth-order valence-corrected chi connectivity index (χ4v) is 4.69. The summed E-state index contributed by atoms with van der Waals surface area (Å²) in [5, 5.41) is 0. The highest BCUT2D eigenvalue weighted by Gasteiger charge is 2.30. The van der Waals surface area contributed by atoms with Crippen molar-refractivity contribution in [3.8, 4) is 5.75 Å². The van der Waals surface area contributed by atoms with Gasteiger partial charge in [0, 0.05) is 37.8 Å². The van der Waals surface area contributed by atoms with E-state index in [1.165, 1.54) is 18.6 Å². The molecule has 0 radical (unpaired) electrons. The monoisotopic (exact) mass is 439 g/mol. The third-order valence-electron chi connectivity index (χ3n) is 6.51. The molecule has 0 saturated carbocycles. The second-order valence-electron chi connectivity index (χ2n) is 8.50. The number of piperazine rings is 1. The van der Waals surface area contributed by atoms with Gasteiger partial charge in [0.25, 0.3) is 0 Å². The summed E-state index contributed by atoms with van der Waals surface area (Å²) in [6.07, 6.45) is 2.10. The number of ether oxygens (including phenoxy) is 1. The molecule has 2 aliphatic heterocycles. The number of hydrogen-bond donors (Lipinski definition) is 0. The van der Waals surface area contributed by atoms with E-state index in [9.17, 15) is 14.0 Å². The van der Waals surface area contributed by atoms with E-state index in [2.05, 4.69) is 17.0 Å². The van der Waals surface area contributed by atoms with E-state index in [-0.39, 0.29) is 17.7 Å². The SMILES string of the molecule is COc1cccc(C2CCCN2CC(=O)N2CCN(c3ccc(C(C)=O)cc3F)CC2)c1. The second-order valence-corrected chi connectivity index (χ2v) is 8.50. The Morgan fingerprint density at radius 2 is 1.84 bits per heavy atom. The fraction of sp³-hybridized carbons (Fsp3) is 0.440. The number of ketones is 1. The first-order valence-electron chi connectivity index (χ1n) is 11.2. The molecule has 170 valence electrons. The molecule has 1 unspecified atom stereocenters. The quantitative estimate of drug-likeness (QED) is 0.645. The van der Waals surface area contributed by atoms with Gasteiger partial charge < -0.3 is 14.5 Å². The summed E-state index contributed by atoms with van der Waals surface area (Å²) in [5.74, 6) is 0.405. The first-order valence-corrected chi connectivity index (χ1v) is 11.2. The van der Waals surface area contributed by atoms with Crippen molar-refractivity contribution in [2.45, 2.75) is 25.8 Å². The van der Waals surface area contributed by atoms with Crippen LogP contribution in [0, 0.1) is 5.82 Å². The van der Waals surface area contributed by atoms with E-state index in [0.717, 1.165) is 25.1 Å². The molecule has 0 spiro atoms. The van der Waals surface area contributed by atoms with Gasteiger partial charge in [-0.25, -0.2) is 4.39 Å². The van der Waals surface area contributed by atoms with Crippen molar-refractivity contribution < 1.29 is 18.7 Å². The molecule has 0 aliphatic carbocycles. The summed E-state index contributed by atoms with van der Waals surface area (Å²) in [6.45, 7) is 4.99. The highest BCUT2D eigenvalue weighted by Crippen LogP contribution is 2.33. The molecule has 4 rings (SSSR count). The molecule has 2 aromatic carbocycles. The molecule has 0 aromatic heterocycles. The van der Waals surface area contributed by atoms with E-state index in [4.69, 9.17) is 4.74 Å². The van der Waals surface area contributed by atoms with Gasteiger partial charge in [-0.15, -0.1) is 0 Å². The maximum Gasteiger partial charge on any atom is 0.236 e. The smallest absolute Gasteiger partial charge is 0.236 e. The van der Waals surface area contributed by atoms with E-state index in [1.807, 2.05) is 21.9 Å². The van der Waals surface area contributed by atoms with Crippen molar-refractivity contribution in [1.29, 1.82) is 0 Å². The Morgan fingerprint density at radius 1 is 1.06 bits per heavy atom. The molecular formula is C25H30FN3O3. The molecule has 0 bridgehead atoms. The van der Waals surface area contributed by atoms with Crippen LogP contribution < -0.4 is 9.64 Å². The number of carbonyl (C=O) groups excluding carboxylic acids is 2. The van der Waals surface area contributed by atoms with Gasteiger partial charge in [0.2, 0.25) is 5.91 Å². The van der Waals surface area contributed by atoms with Crippen LogP contribution in [0.25, 0.3) is 0 Å². The van der Waals surface area contributed by atoms with Crippen LogP contribution in [-0.2, 0) is 4.79 Å². The van der Waals surface area contributed by atoms with Gasteiger partial charge in [-0.05, 0) is 62.2 Å². The number of nitrogens with zero attached hydrogens (tertiary/aromatic N) is 3. The van der Waals surface area contributed by atoms with Crippen LogP contribution in [0.15, 0.2) is 42.5 Å². The van der Waals surface area contributed by atoms with Crippen LogP contribution in [0.1, 0.15) is 41.7 Å². The molecule has 0 N–H and O–H groups in total. The van der Waals surface area contributed by atoms with Gasteiger partial charge >= 0.3 is 0 Å². The summed E-state index contributed by atoms with van der Waals surface area (Å²) >= 11 is 0. The van der Waals surface area contributed by atoms with Crippen molar-refractivity contribution in [3.63, 3.8) is 0 Å². The minimum Gasteiger partial charge on any atom is -0.497 e. The number of benzene rings is 2. The fourth-order valence-electron chi connectivity index (χ4n) is 4.69. The van der Waals surface area contributed by atoms with E-state index >= 15 is 0 Å². The average Bonchev–Trinajstić information content (AvgIpc) is 3.27. The molecular weight excluding hydrogens is 409 g/mol. The average molecular weight is 440 g/mol. The van der Waals surface area contributed by atoms with Crippen LogP contribution in [0.2, 0.25) is 0 Å². The lowest BCUT2D eigenvalue weighted by molar-refractivity contribution is -0.133. The lowest BCUT2D eigenvalue weighted by atomic mass is 10.0. The van der Waals surface area contributed by atoms with Crippen molar-refractivity contribution in [3.05, 3.63) is 59.4 Å². The molecule has 2 heterocycles. The van der Waals surface area contributed by atoms with Crippen LogP contribution in [0.4, 0.5) is 10.1 Å². The number of amides is 1. The van der Waals surface area contributed by atoms with Gasteiger partial charge in [-0.2, -0.15) is 0 Å². The van der Waals surface area contributed by atoms with Crippen molar-refractivity contribution in [2.24, 2.45) is 0 Å². The van der Waals surface area contributed by atoms with E-state index in [0.29, 0.717) is 44.0 Å². The Morgan fingerprint density at radius 3 is 2.53 bits per heavy atom. The number of hydrogen-bond acceptors (Lipinski definition) is 5. The van der Waals surface area contributed by atoms with Gasteiger partial charge in [0.1, 0.15) is 11.6 Å². The molecule has 2 fully saturated rings. The molecule has 2 aromatic rings. The van der Waals surface area contributed by atoms with E-state index < -0.39 is 5.82 Å². The Kier molecular flexibility index (Phi) is 6.74. The number of anilines is 1. The third-order valence-corrected chi connectivity index (χ3v) is 6.51. The maximum atomic E-state index is 14.5. The number of rotatable bonds is 6. The van der Waals surface area contributed by atoms with Crippen molar-refractivity contribution in [1.82, 2.24) is 9.80 Å². The minimum atomic E-state index is -0.393. The second kappa shape index (κ2) is 9.69. The predicted octanol–water partition coefficient (Wildman–Crippen LogP) is 3.52. The number of Topliss-reactive ketones (excluding diaryl/α,β-unsaturated/α-hetero) is 1. The molecule has 2 saturated heterocycles. The highest BCUT2D eigenvalue weighted by atomic mass is 19.1. The zero-order valence-electron chi connectivity index (χ0n) is 18.7. The molecule has 2 aliphatic rings. The summed E-state index contributed by atoms with van der Waals surface area (Å²) < 4.78 is 19.8. The number of carbonyl (C=O) groups is 2. The summed E-state index contributed by atoms with van der Waals surface area (Å²) in [4.78, 5) is 30.5. The van der Waals surface area contributed by atoms with Crippen molar-refractivity contribution >= 4 is 17.4 Å². The van der Waals surface area contributed by atoms with Gasteiger partial charge in [0.05, 0.1) is 19.3 Å². The third kappa shape index (κ3) is 4.78. The Balaban J connectivity index is 1.35. The Labute approximate surface area is 188 Å². The largest absolute Gasteiger partial charge is 0.497 e. The van der Waals surface area contributed by atoms with Crippen molar-refractivity contribution in [2.75, 3.05) is 51.3 Å². The molecule has 1 amide bonds. The summed E-state index contributed by atoms with van der Waals surface area (Å²) in [6, 6.07) is 12.9. The standard InChI is InChI=1S/C25H30FN3O3/c1-18(30)19-8-9-24(22(26)16-19)27-11-13-28(14-12-27)25(31)17-29-10-4-7-23(29)20-5-3-6-21(15-20)32-2/h3,5-6,8-9,15-16,23H,4,7,10-14,17H2,1-2H3. The van der Waals surface area contributed by atoms with Crippen LogP contribution >= 0.6 is 0 Å². The zero-order chi connectivity index (χ0) is 22.7. The lowest BCUT2D eigenvalue weighted by Crippen LogP contribution is -2.51. The van der Waals surface area contributed by atoms with E-state index in [1.54, 1.807) is 19.2 Å². The summed E-state index contributed by atoms with van der Waals surface area (Å²) in [7, 11) is 1.66. The summed E-state index contributed by atoms with van der Waals surface area (Å²) in [5.41, 5.74) is 2.04. The molecule has 7 heteroatoms. The number of halogens is 1. The topological polar surface area (TPSA) is 53.1 Å². The van der Waals surface area contributed by atoms with Crippen LogP contribution in [0.3, 0.4) is 0 Å². The molecule has 1 atom stereocenters. The van der Waals surface area contributed by atoms with Crippen LogP contribution in [-0.4, -0.2) is 67.9 Å². The van der Waals surface area contributed by atoms with Gasteiger partial charge in [0.15, 0.2) is 5.78 Å². The molecule has 6 nitrogen and oxygen atoms in total. The maximum absolute atomic E-state index is 14.5. The lowest BCUT2D eigenvalue weighted by Gasteiger charge is -2.37. The minimum absolute atomic E-state index is 0.117. The zero-order valence-corrected chi connectivity index (χ0v) is 18.7. The number of methoxy groups -OCH3 is 1. The van der Waals surface area contributed by atoms with Crippen LogP contribution in [0.5, 0.6) is 5.75 Å². The predicted molar refractivity (Wildman–Crippen MR) is 122 cm³/mol. The molecule has 32 heavy (non-hydrogen) atoms. The Bertz CT molecular complexity index is 988. The first-order chi connectivity index (χ1) is 15.5. The normalized spacial score (nSPS) is 19.3. The number of likely N-dealkylation sites (tertiary alicyclic amines) is 1. The Hall–Kier alpha value is -2.93. The highest BCUT2D eigenvalue weighted by molar-refractivity contribution is 5.94. The van der Waals surface area contributed by atoms with Gasteiger partial charge in [-0.3, -0.25) is 14.5 Å². The first kappa shape index (κ1) is 22.3. The van der Waals surface area contributed by atoms with Gasteiger partial charge in [-0.1, -0.05) is 12.1 Å².